The molecule has 10 aromatic rings. The Morgan fingerprint density at radius 2 is 0.593 bits per heavy atom. The molecule has 0 heterocycles. The normalized spacial score (nSPS) is 11.1. The second-order valence-electron chi connectivity index (χ2n) is 14.9. The van der Waals surface area contributed by atoms with E-state index in [1.165, 1.54) is 77.5 Å². The number of hydrogen-bond donors (Lipinski definition) is 0. The van der Waals surface area contributed by atoms with Crippen LogP contribution in [0.1, 0.15) is 0 Å². The zero-order valence-corrected chi connectivity index (χ0v) is 32.6. The minimum absolute atomic E-state index is 1.08. The summed E-state index contributed by atoms with van der Waals surface area (Å²) in [6, 6.07) is 89.8. The molecule has 0 aliphatic carbocycles. The van der Waals surface area contributed by atoms with Crippen molar-refractivity contribution in [2.45, 2.75) is 0 Å². The minimum atomic E-state index is 1.08. The fourth-order valence-corrected chi connectivity index (χ4v) is 8.36. The molecule has 0 atom stereocenters. The van der Waals surface area contributed by atoms with Gasteiger partial charge in [-0.3, -0.25) is 0 Å². The molecule has 0 radical (unpaired) electrons. The van der Waals surface area contributed by atoms with Crippen LogP contribution in [0.5, 0.6) is 0 Å². The number of nitrogens with zero attached hydrogens (tertiary/aromatic N) is 1. The highest BCUT2D eigenvalue weighted by Crippen LogP contribution is 2.43. The van der Waals surface area contributed by atoms with Gasteiger partial charge in [0.05, 0.1) is 0 Å². The van der Waals surface area contributed by atoms with Crippen molar-refractivity contribution in [2.75, 3.05) is 4.90 Å². The van der Waals surface area contributed by atoms with Crippen LogP contribution in [0.3, 0.4) is 0 Å². The van der Waals surface area contributed by atoms with Gasteiger partial charge >= 0.3 is 0 Å². The number of benzene rings is 10. The van der Waals surface area contributed by atoms with E-state index in [2.05, 4.69) is 254 Å². The van der Waals surface area contributed by atoms with Crippen LogP contribution in [-0.2, 0) is 0 Å². The van der Waals surface area contributed by atoms with E-state index in [1.807, 2.05) is 0 Å². The SMILES string of the molecule is c1ccc(-c2ccc(-c3ccccc3)c(-c3ccc(N(c4ccc(-c5cccc6ccccc56)cc4)c4ccc(-c5ccccc5)c(-c5ccccc5)c4)cc3)c2)cc1. The third-order valence-corrected chi connectivity index (χ3v) is 11.3. The summed E-state index contributed by atoms with van der Waals surface area (Å²) in [7, 11) is 0. The maximum Gasteiger partial charge on any atom is 0.0468 e. The molecule has 0 unspecified atom stereocenters. The molecule has 1 nitrogen and oxygen atoms in total. The van der Waals surface area contributed by atoms with Crippen LogP contribution in [0.4, 0.5) is 17.1 Å². The topological polar surface area (TPSA) is 3.24 Å². The van der Waals surface area contributed by atoms with Gasteiger partial charge in [-0.15, -0.1) is 0 Å². The Balaban J connectivity index is 1.11. The molecule has 0 aliphatic heterocycles. The van der Waals surface area contributed by atoms with Crippen LogP contribution in [0.25, 0.3) is 77.5 Å². The lowest BCUT2D eigenvalue weighted by atomic mass is 9.91. The fourth-order valence-electron chi connectivity index (χ4n) is 8.36. The Hall–Kier alpha value is -7.74. The molecule has 278 valence electrons. The van der Waals surface area contributed by atoms with Gasteiger partial charge in [0.1, 0.15) is 0 Å². The van der Waals surface area contributed by atoms with Gasteiger partial charge in [-0.2, -0.15) is 0 Å². The first kappa shape index (κ1) is 35.7. The molecule has 10 aromatic carbocycles. The second kappa shape index (κ2) is 16.0. The first-order valence-corrected chi connectivity index (χ1v) is 20.3. The molecule has 0 saturated carbocycles. The Labute approximate surface area is 346 Å². The zero-order chi connectivity index (χ0) is 39.4. The van der Waals surface area contributed by atoms with E-state index in [1.54, 1.807) is 0 Å². The van der Waals surface area contributed by atoms with Crippen LogP contribution in [0, 0.1) is 0 Å². The highest BCUT2D eigenvalue weighted by Gasteiger charge is 2.18. The summed E-state index contributed by atoms with van der Waals surface area (Å²) in [4.78, 5) is 2.39. The summed E-state index contributed by atoms with van der Waals surface area (Å²) in [5.41, 5.74) is 17.6. The summed E-state index contributed by atoms with van der Waals surface area (Å²) in [6.45, 7) is 0. The molecule has 0 aromatic heterocycles. The molecule has 0 aliphatic rings. The van der Waals surface area contributed by atoms with Gasteiger partial charge in [0.25, 0.3) is 0 Å². The summed E-state index contributed by atoms with van der Waals surface area (Å²) >= 11 is 0. The van der Waals surface area contributed by atoms with E-state index in [0.29, 0.717) is 0 Å². The van der Waals surface area contributed by atoms with Crippen LogP contribution in [0.15, 0.2) is 249 Å². The van der Waals surface area contributed by atoms with Crippen LogP contribution < -0.4 is 4.90 Å². The zero-order valence-electron chi connectivity index (χ0n) is 32.6. The average Bonchev–Trinajstić information content (AvgIpc) is 3.33. The minimum Gasteiger partial charge on any atom is -0.310 e. The van der Waals surface area contributed by atoms with E-state index in [4.69, 9.17) is 0 Å². The molecule has 0 fully saturated rings. The number of rotatable bonds is 9. The summed E-state index contributed by atoms with van der Waals surface area (Å²) < 4.78 is 0. The Bertz CT molecular complexity index is 2990. The van der Waals surface area contributed by atoms with Gasteiger partial charge in [0, 0.05) is 17.1 Å². The fraction of sp³-hybridized carbons (Fsp3) is 0. The standard InChI is InChI=1S/C58H41N/c1-5-16-42(17-6-1)49-32-38-55(43-18-7-2-8-19-43)57(40-49)48-30-35-51(36-31-48)59(50-33-28-47(29-34-50)54-27-15-25-45-24-13-14-26-53(45)54)52-37-39-56(44-20-9-3-10-21-44)58(41-52)46-22-11-4-12-23-46/h1-41H. The van der Waals surface area contributed by atoms with Crippen molar-refractivity contribution in [1.29, 1.82) is 0 Å². The lowest BCUT2D eigenvalue weighted by Crippen LogP contribution is -2.10. The predicted molar refractivity (Wildman–Crippen MR) is 251 cm³/mol. The first-order chi connectivity index (χ1) is 29.3. The average molecular weight is 752 g/mol. The molecule has 0 saturated heterocycles. The van der Waals surface area contributed by atoms with E-state index >= 15 is 0 Å². The Kier molecular flexibility index (Phi) is 9.68. The van der Waals surface area contributed by atoms with Crippen LogP contribution in [0.2, 0.25) is 0 Å². The van der Waals surface area contributed by atoms with Gasteiger partial charge in [0.2, 0.25) is 0 Å². The third-order valence-electron chi connectivity index (χ3n) is 11.3. The van der Waals surface area contributed by atoms with Crippen molar-refractivity contribution >= 4 is 27.8 Å². The lowest BCUT2D eigenvalue weighted by Gasteiger charge is -2.27. The van der Waals surface area contributed by atoms with Gasteiger partial charge < -0.3 is 4.90 Å². The maximum atomic E-state index is 2.39. The largest absolute Gasteiger partial charge is 0.310 e. The van der Waals surface area contributed by atoms with Crippen molar-refractivity contribution < 1.29 is 0 Å². The van der Waals surface area contributed by atoms with Gasteiger partial charge in [0.15, 0.2) is 0 Å². The molecular formula is C58H41N. The van der Waals surface area contributed by atoms with Crippen molar-refractivity contribution in [3.05, 3.63) is 249 Å². The van der Waals surface area contributed by atoms with E-state index in [-0.39, 0.29) is 0 Å². The van der Waals surface area contributed by atoms with Crippen molar-refractivity contribution in [1.82, 2.24) is 0 Å². The molecule has 0 spiro atoms. The van der Waals surface area contributed by atoms with Crippen molar-refractivity contribution in [3.8, 4) is 66.8 Å². The van der Waals surface area contributed by atoms with Crippen molar-refractivity contribution in [3.63, 3.8) is 0 Å². The lowest BCUT2D eigenvalue weighted by molar-refractivity contribution is 1.28. The molecular weight excluding hydrogens is 711 g/mol. The Morgan fingerprint density at radius 3 is 1.17 bits per heavy atom. The van der Waals surface area contributed by atoms with Crippen LogP contribution in [-0.4, -0.2) is 0 Å². The van der Waals surface area contributed by atoms with E-state index in [0.717, 1.165) is 17.1 Å². The molecule has 10 rings (SSSR count). The highest BCUT2D eigenvalue weighted by atomic mass is 15.1. The quantitative estimate of drug-likeness (QED) is 0.142. The molecule has 1 heteroatoms. The third kappa shape index (κ3) is 7.23. The Morgan fingerprint density at radius 1 is 0.203 bits per heavy atom. The number of anilines is 3. The monoisotopic (exact) mass is 751 g/mol. The summed E-state index contributed by atoms with van der Waals surface area (Å²) in [6.07, 6.45) is 0. The summed E-state index contributed by atoms with van der Waals surface area (Å²) in [5.74, 6) is 0. The maximum absolute atomic E-state index is 2.39. The molecule has 0 amide bonds. The van der Waals surface area contributed by atoms with E-state index in [9.17, 15) is 0 Å². The van der Waals surface area contributed by atoms with Gasteiger partial charge in [-0.05, 0) is 120 Å². The van der Waals surface area contributed by atoms with Gasteiger partial charge in [-0.1, -0.05) is 206 Å². The second-order valence-corrected chi connectivity index (χ2v) is 14.9. The van der Waals surface area contributed by atoms with E-state index < -0.39 is 0 Å². The highest BCUT2D eigenvalue weighted by molar-refractivity contribution is 5.97. The number of fused-ring (bicyclic) bond motifs is 1. The molecule has 59 heavy (non-hydrogen) atoms. The van der Waals surface area contributed by atoms with Crippen molar-refractivity contribution in [2.24, 2.45) is 0 Å². The number of hydrogen-bond acceptors (Lipinski definition) is 1. The van der Waals surface area contributed by atoms with Gasteiger partial charge in [-0.25, -0.2) is 0 Å². The molecule has 0 N–H and O–H groups in total. The first-order valence-electron chi connectivity index (χ1n) is 20.3. The smallest absolute Gasteiger partial charge is 0.0468 e. The summed E-state index contributed by atoms with van der Waals surface area (Å²) in [5, 5.41) is 2.50. The molecule has 0 bridgehead atoms. The predicted octanol–water partition coefficient (Wildman–Crippen LogP) is 16.3. The van der Waals surface area contributed by atoms with Crippen LogP contribution >= 0.6 is 0 Å².